The number of guanidine groups is 1. The van der Waals surface area contributed by atoms with Gasteiger partial charge in [-0.25, -0.2) is 9.79 Å². The van der Waals surface area contributed by atoms with E-state index in [1.54, 1.807) is 6.20 Å². The van der Waals surface area contributed by atoms with Gasteiger partial charge in [-0.05, 0) is 54.5 Å². The summed E-state index contributed by atoms with van der Waals surface area (Å²) in [6, 6.07) is 13.4. The van der Waals surface area contributed by atoms with Crippen molar-refractivity contribution in [2.45, 2.75) is 77.2 Å². The van der Waals surface area contributed by atoms with Gasteiger partial charge in [-0.2, -0.15) is 5.26 Å². The minimum atomic E-state index is -1.05. The van der Waals surface area contributed by atoms with Crippen molar-refractivity contribution in [2.24, 2.45) is 22.4 Å². The van der Waals surface area contributed by atoms with E-state index >= 15 is 0 Å². The summed E-state index contributed by atoms with van der Waals surface area (Å²) in [6.45, 7) is 2.30. The fraction of sp³-hybridized carbons (Fsp3) is 0.483. The zero-order valence-electron chi connectivity index (χ0n) is 21.9. The lowest BCUT2D eigenvalue weighted by Gasteiger charge is -2.29. The van der Waals surface area contributed by atoms with Gasteiger partial charge in [0.1, 0.15) is 0 Å². The van der Waals surface area contributed by atoms with Crippen LogP contribution in [0.25, 0.3) is 5.32 Å². The average Bonchev–Trinajstić information content (AvgIpc) is 3.39. The third-order valence-corrected chi connectivity index (χ3v) is 6.45. The lowest BCUT2D eigenvalue weighted by atomic mass is 9.86. The Bertz CT molecular complexity index is 1030. The molecule has 37 heavy (non-hydrogen) atoms. The molecule has 0 amide bonds. The molecule has 0 saturated heterocycles. The third-order valence-electron chi connectivity index (χ3n) is 6.45. The predicted octanol–water partition coefficient (Wildman–Crippen LogP) is 5.93. The summed E-state index contributed by atoms with van der Waals surface area (Å²) in [5, 5.41) is 23.6. The van der Waals surface area contributed by atoms with E-state index in [-0.39, 0.29) is 18.5 Å². The number of carboxylic acid groups (broad SMARTS) is 1. The second-order valence-electron chi connectivity index (χ2n) is 9.51. The number of hydrogen-bond acceptors (Lipinski definition) is 3. The second kappa shape index (κ2) is 16.9. The van der Waals surface area contributed by atoms with E-state index in [1.807, 2.05) is 30.3 Å². The zero-order valence-corrected chi connectivity index (χ0v) is 21.9. The van der Waals surface area contributed by atoms with Crippen LogP contribution in [-0.4, -0.2) is 34.6 Å². The number of unbranched alkanes of at least 4 members (excludes halogenated alkanes) is 5. The lowest BCUT2D eigenvalue weighted by molar-refractivity contribution is -0.131. The van der Waals surface area contributed by atoms with Crippen molar-refractivity contribution in [2.75, 3.05) is 6.54 Å². The molecule has 200 valence electrons. The van der Waals surface area contributed by atoms with E-state index in [2.05, 4.69) is 29.0 Å². The molecule has 0 aliphatic heterocycles. The second-order valence-corrected chi connectivity index (χ2v) is 9.51. The minimum Gasteiger partial charge on any atom is -0.478 e. The first-order valence-electron chi connectivity index (χ1n) is 13.2. The van der Waals surface area contributed by atoms with Crippen molar-refractivity contribution < 1.29 is 9.90 Å². The van der Waals surface area contributed by atoms with E-state index in [4.69, 9.17) is 16.8 Å². The topological polar surface area (TPSA) is 155 Å². The largest absolute Gasteiger partial charge is 0.478 e. The van der Waals surface area contributed by atoms with Crippen LogP contribution in [0.15, 0.2) is 59.2 Å². The van der Waals surface area contributed by atoms with Crippen molar-refractivity contribution in [3.8, 4) is 6.07 Å². The van der Waals surface area contributed by atoms with Crippen molar-refractivity contribution in [1.82, 2.24) is 4.98 Å². The Labute approximate surface area is 220 Å². The molecular formula is C29H41N6O2-. The molecule has 8 heteroatoms. The minimum absolute atomic E-state index is 0.0792. The highest BCUT2D eigenvalue weighted by molar-refractivity contribution is 5.81. The number of aliphatic imine (C=N–C) groups is 1. The fourth-order valence-electron chi connectivity index (χ4n) is 4.55. The Morgan fingerprint density at radius 2 is 1.92 bits per heavy atom. The number of aliphatic carboxylic acids is 1. The lowest BCUT2D eigenvalue weighted by Crippen LogP contribution is -2.24. The van der Waals surface area contributed by atoms with Gasteiger partial charge in [-0.1, -0.05) is 88.1 Å². The Hall–Kier alpha value is -3.73. The molecule has 2 atom stereocenters. The normalized spacial score (nSPS) is 12.9. The summed E-state index contributed by atoms with van der Waals surface area (Å²) in [5.74, 6) is -0.0755. The van der Waals surface area contributed by atoms with E-state index < -0.39 is 5.97 Å². The molecule has 0 fully saturated rings. The van der Waals surface area contributed by atoms with Crippen LogP contribution in [0.3, 0.4) is 0 Å². The molecule has 1 aromatic carbocycles. The van der Waals surface area contributed by atoms with Crippen LogP contribution in [-0.2, 0) is 11.2 Å². The van der Waals surface area contributed by atoms with Crippen LogP contribution in [0.5, 0.6) is 0 Å². The summed E-state index contributed by atoms with van der Waals surface area (Å²) >= 11 is 0. The van der Waals surface area contributed by atoms with Gasteiger partial charge in [-0.15, -0.1) is 0 Å². The first kappa shape index (κ1) is 29.5. The van der Waals surface area contributed by atoms with Gasteiger partial charge in [0, 0.05) is 6.08 Å². The Morgan fingerprint density at radius 1 is 1.14 bits per heavy atom. The van der Waals surface area contributed by atoms with Gasteiger partial charge >= 0.3 is 5.97 Å². The summed E-state index contributed by atoms with van der Waals surface area (Å²) in [4.78, 5) is 18.7. The van der Waals surface area contributed by atoms with Crippen LogP contribution in [0, 0.1) is 17.2 Å². The zero-order chi connectivity index (χ0) is 26.9. The molecular weight excluding hydrogens is 464 g/mol. The van der Waals surface area contributed by atoms with Crippen LogP contribution >= 0.6 is 0 Å². The van der Waals surface area contributed by atoms with Crippen LogP contribution < -0.4 is 11.5 Å². The predicted molar refractivity (Wildman–Crippen MR) is 150 cm³/mol. The maximum atomic E-state index is 11.6. The van der Waals surface area contributed by atoms with Crippen molar-refractivity contribution >= 4 is 17.7 Å². The molecule has 2 aromatic rings. The van der Waals surface area contributed by atoms with Crippen molar-refractivity contribution in [3.63, 3.8) is 0 Å². The fourth-order valence-corrected chi connectivity index (χ4v) is 4.55. The highest BCUT2D eigenvalue weighted by Gasteiger charge is 2.17. The Kier molecular flexibility index (Phi) is 13.4. The molecule has 0 radical (unpaired) electrons. The average molecular weight is 506 g/mol. The number of carboxylic acids is 1. The Balaban J connectivity index is 2.18. The number of H-pyrrole nitrogens is 1. The van der Waals surface area contributed by atoms with Gasteiger partial charge in [0.05, 0.1) is 18.2 Å². The number of nitriles is 1. The molecule has 2 rings (SSSR count). The molecule has 0 saturated carbocycles. The highest BCUT2D eigenvalue weighted by Crippen LogP contribution is 2.30. The number of hydrogen-bond donors (Lipinski definition) is 4. The number of nitrogens with one attached hydrogen (secondary N) is 1. The van der Waals surface area contributed by atoms with Gasteiger partial charge in [0.15, 0.2) is 5.96 Å². The third kappa shape index (κ3) is 12.2. The molecule has 2 unspecified atom stereocenters. The number of nitrogens with zero attached hydrogens (tertiary/aromatic N) is 3. The molecule has 0 spiro atoms. The molecule has 1 heterocycles. The molecule has 0 aliphatic carbocycles. The highest BCUT2D eigenvalue weighted by atomic mass is 16.4. The first-order chi connectivity index (χ1) is 17.9. The van der Waals surface area contributed by atoms with Gasteiger partial charge in [-0.3, -0.25) is 0 Å². The standard InChI is InChI=1S/C29H41N6O2/c1-2-3-4-5-6-7-10-22(17-23-11-8-12-24(18-23)20-30)14-15-26(35-27-13-9-16-33-27)25(19-28(36)37)21-34-29(31)32/h8-9,11-13,16,18-19,22,26,33H,2-7,10,14-15,17,21H2,1H3,(H,36,37)(H4,31,32,34)/q-1. The maximum absolute atomic E-state index is 11.6. The van der Waals surface area contributed by atoms with Gasteiger partial charge < -0.3 is 26.9 Å². The van der Waals surface area contributed by atoms with Crippen molar-refractivity contribution in [1.29, 1.82) is 5.26 Å². The molecule has 1 aromatic heterocycles. The quantitative estimate of drug-likeness (QED) is 0.0854. The van der Waals surface area contributed by atoms with Crippen LogP contribution in [0.2, 0.25) is 0 Å². The monoisotopic (exact) mass is 505 g/mol. The van der Waals surface area contributed by atoms with Crippen molar-refractivity contribution in [3.05, 3.63) is 70.7 Å². The Morgan fingerprint density at radius 3 is 2.59 bits per heavy atom. The van der Waals surface area contributed by atoms with E-state index in [0.717, 1.165) is 31.2 Å². The molecule has 0 bridgehead atoms. The van der Waals surface area contributed by atoms with E-state index in [0.29, 0.717) is 29.3 Å². The number of carbonyl (C=O) groups is 1. The summed E-state index contributed by atoms with van der Waals surface area (Å²) < 4.78 is 0. The summed E-state index contributed by atoms with van der Waals surface area (Å²) in [6.07, 6.45) is 13.8. The molecule has 6 N–H and O–H groups in total. The number of aromatic amines is 1. The summed E-state index contributed by atoms with van der Waals surface area (Å²) in [7, 11) is 0. The number of aromatic nitrogens is 1. The van der Waals surface area contributed by atoms with Gasteiger partial charge in [0.2, 0.25) is 0 Å². The number of nitrogens with two attached hydrogens (primary N) is 2. The maximum Gasteiger partial charge on any atom is 0.328 e. The number of rotatable bonds is 18. The van der Waals surface area contributed by atoms with Crippen LogP contribution in [0.1, 0.15) is 75.8 Å². The SMILES string of the molecule is CCCCCCCCC(CCC([N-]c1ccc[nH]1)C(=CC(=O)O)CN=C(N)N)Cc1cccc(C#N)c1. The van der Waals surface area contributed by atoms with E-state index in [9.17, 15) is 15.2 Å². The summed E-state index contributed by atoms with van der Waals surface area (Å²) in [5.41, 5.74) is 13.4. The molecule has 8 nitrogen and oxygen atoms in total. The number of benzene rings is 1. The first-order valence-corrected chi connectivity index (χ1v) is 13.2. The van der Waals surface area contributed by atoms with Gasteiger partial charge in [0.25, 0.3) is 0 Å². The van der Waals surface area contributed by atoms with E-state index in [1.165, 1.54) is 38.2 Å². The molecule has 0 aliphatic rings. The smallest absolute Gasteiger partial charge is 0.328 e. The van der Waals surface area contributed by atoms with Crippen LogP contribution in [0.4, 0.5) is 5.82 Å².